The molecule has 3 rings (SSSR count). The van der Waals surface area contributed by atoms with Gasteiger partial charge in [0.2, 0.25) is 0 Å². The molecule has 0 aliphatic heterocycles. The zero-order valence-corrected chi connectivity index (χ0v) is 18.7. The number of carbonyl (C=O) groups is 1. The quantitative estimate of drug-likeness (QED) is 0.279. The molecule has 1 saturated carbocycles. The Kier molecular flexibility index (Phi) is 9.44. The van der Waals surface area contributed by atoms with Crippen LogP contribution in [0.25, 0.3) is 10.8 Å². The van der Waals surface area contributed by atoms with Gasteiger partial charge in [-0.1, -0.05) is 55.7 Å². The first-order valence-corrected chi connectivity index (χ1v) is 11.7. The fourth-order valence-corrected chi connectivity index (χ4v) is 5.00. The molecule has 0 saturated heterocycles. The molecule has 1 aliphatic rings. The van der Waals surface area contributed by atoms with Crippen LogP contribution in [0.15, 0.2) is 42.5 Å². The van der Waals surface area contributed by atoms with Crippen LogP contribution in [0.1, 0.15) is 44.9 Å². The number of aliphatic hydroxyl groups is 2. The van der Waals surface area contributed by atoms with Crippen molar-refractivity contribution in [3.63, 3.8) is 0 Å². The third-order valence-corrected chi connectivity index (χ3v) is 6.68. The molecule has 170 valence electrons. The molecule has 0 heterocycles. The van der Waals surface area contributed by atoms with Crippen LogP contribution in [0.2, 0.25) is 0 Å². The minimum absolute atomic E-state index is 0.0231. The molecule has 0 bridgehead atoms. The van der Waals surface area contributed by atoms with Crippen molar-refractivity contribution in [2.24, 2.45) is 11.8 Å². The number of halogens is 1. The maximum atomic E-state index is 11.4. The summed E-state index contributed by atoms with van der Waals surface area (Å²) in [4.78, 5) is 11.4. The van der Waals surface area contributed by atoms with Gasteiger partial charge in [0, 0.05) is 23.1 Å². The maximum Gasteiger partial charge on any atom is 0.305 e. The number of fused-ring (bicyclic) bond motifs is 1. The van der Waals surface area contributed by atoms with E-state index >= 15 is 0 Å². The molecule has 2 aromatic rings. The summed E-state index contributed by atoms with van der Waals surface area (Å²) in [7, 11) is 0. The minimum atomic E-state index is -0.441. The van der Waals surface area contributed by atoms with Crippen molar-refractivity contribution in [2.45, 2.75) is 56.4 Å². The monoisotopic (exact) mass is 448 g/mol. The Labute approximate surface area is 189 Å². The SMILES string of the molecule is O=C(CCCCCC[C@@H]1[C@@H](COc2cccc3ccccc23)[C@H](O)C[C@H]1Cl)OCCO. The summed E-state index contributed by atoms with van der Waals surface area (Å²) in [5.41, 5.74) is 0. The van der Waals surface area contributed by atoms with Crippen molar-refractivity contribution in [3.05, 3.63) is 42.5 Å². The predicted octanol–water partition coefficient (Wildman–Crippen LogP) is 4.70. The molecule has 4 atom stereocenters. The second-order valence-corrected chi connectivity index (χ2v) is 8.89. The Bertz CT molecular complexity index is 821. The second kappa shape index (κ2) is 12.3. The van der Waals surface area contributed by atoms with Crippen molar-refractivity contribution in [1.29, 1.82) is 0 Å². The van der Waals surface area contributed by atoms with Crippen LogP contribution >= 0.6 is 11.6 Å². The summed E-state index contributed by atoms with van der Waals surface area (Å²) in [5, 5.41) is 21.4. The molecule has 0 spiro atoms. The highest BCUT2D eigenvalue weighted by Crippen LogP contribution is 2.40. The van der Waals surface area contributed by atoms with Crippen LogP contribution in [-0.4, -0.2) is 47.5 Å². The average molecular weight is 449 g/mol. The van der Waals surface area contributed by atoms with Gasteiger partial charge in [0.15, 0.2) is 0 Å². The van der Waals surface area contributed by atoms with E-state index in [-0.39, 0.29) is 36.4 Å². The number of hydrogen-bond donors (Lipinski definition) is 2. The molecule has 0 radical (unpaired) electrons. The zero-order chi connectivity index (χ0) is 22.1. The van der Waals surface area contributed by atoms with Crippen LogP contribution in [0.3, 0.4) is 0 Å². The highest BCUT2D eigenvalue weighted by atomic mass is 35.5. The predicted molar refractivity (Wildman–Crippen MR) is 122 cm³/mol. The lowest BCUT2D eigenvalue weighted by Gasteiger charge is -2.24. The standard InChI is InChI=1S/C25H33ClO5/c26-22-16-23(28)21(17-31-24-12-7-9-18-8-5-6-10-19(18)24)20(22)11-3-1-2-4-13-25(29)30-15-14-27/h5-10,12,20-23,27-28H,1-4,11,13-17H2/t20-,21-,22-,23-/m1/s1. The first-order chi connectivity index (χ1) is 15.1. The third-order valence-electron chi connectivity index (χ3n) is 6.18. The second-order valence-electron chi connectivity index (χ2n) is 8.33. The van der Waals surface area contributed by atoms with E-state index in [1.165, 1.54) is 0 Å². The van der Waals surface area contributed by atoms with Gasteiger partial charge in [0.05, 0.1) is 19.3 Å². The lowest BCUT2D eigenvalue weighted by molar-refractivity contribution is -0.144. The van der Waals surface area contributed by atoms with Crippen LogP contribution in [0, 0.1) is 11.8 Å². The van der Waals surface area contributed by atoms with Crippen LogP contribution in [0.5, 0.6) is 5.75 Å². The molecule has 0 aromatic heterocycles. The van der Waals surface area contributed by atoms with Gasteiger partial charge in [0.1, 0.15) is 12.4 Å². The Morgan fingerprint density at radius 3 is 2.65 bits per heavy atom. The van der Waals surface area contributed by atoms with Crippen molar-refractivity contribution < 1.29 is 24.5 Å². The molecule has 1 aliphatic carbocycles. The first kappa shape index (κ1) is 23.8. The lowest BCUT2D eigenvalue weighted by atomic mass is 9.90. The number of rotatable bonds is 12. The summed E-state index contributed by atoms with van der Waals surface area (Å²) in [6.07, 6.45) is 5.27. The summed E-state index contributed by atoms with van der Waals surface area (Å²) in [6, 6.07) is 14.2. The van der Waals surface area contributed by atoms with Crippen molar-refractivity contribution >= 4 is 28.3 Å². The van der Waals surface area contributed by atoms with Crippen LogP contribution in [0.4, 0.5) is 0 Å². The first-order valence-electron chi connectivity index (χ1n) is 11.3. The van der Waals surface area contributed by atoms with Gasteiger partial charge >= 0.3 is 5.97 Å². The summed E-state index contributed by atoms with van der Waals surface area (Å²) < 4.78 is 11.0. The number of ether oxygens (including phenoxy) is 2. The lowest BCUT2D eigenvalue weighted by Crippen LogP contribution is -2.27. The number of unbranched alkanes of at least 4 members (excludes halogenated alkanes) is 3. The van der Waals surface area contributed by atoms with Crippen molar-refractivity contribution in [1.82, 2.24) is 0 Å². The number of benzene rings is 2. The van der Waals surface area contributed by atoms with Crippen molar-refractivity contribution in [3.8, 4) is 5.75 Å². The summed E-state index contributed by atoms with van der Waals surface area (Å²) in [6.45, 7) is 0.395. The van der Waals surface area contributed by atoms with Gasteiger partial charge in [-0.3, -0.25) is 4.79 Å². The molecular weight excluding hydrogens is 416 g/mol. The Hall–Kier alpha value is -1.82. The average Bonchev–Trinajstić information content (AvgIpc) is 3.05. The molecule has 1 fully saturated rings. The number of alkyl halides is 1. The van der Waals surface area contributed by atoms with E-state index in [4.69, 9.17) is 26.2 Å². The fraction of sp³-hybridized carbons (Fsp3) is 0.560. The van der Waals surface area contributed by atoms with Gasteiger partial charge in [-0.15, -0.1) is 11.6 Å². The molecule has 0 unspecified atom stereocenters. The Balaban J connectivity index is 1.45. The molecule has 2 N–H and O–H groups in total. The molecule has 0 amide bonds. The van der Waals surface area contributed by atoms with Gasteiger partial charge in [-0.2, -0.15) is 0 Å². The van der Waals surface area contributed by atoms with E-state index in [0.717, 1.165) is 48.6 Å². The smallest absolute Gasteiger partial charge is 0.305 e. The van der Waals surface area contributed by atoms with Gasteiger partial charge in [-0.05, 0) is 36.6 Å². The molecular formula is C25H33ClO5. The van der Waals surface area contributed by atoms with Crippen LogP contribution in [-0.2, 0) is 9.53 Å². The van der Waals surface area contributed by atoms with E-state index in [0.29, 0.717) is 19.4 Å². The molecule has 2 aromatic carbocycles. The minimum Gasteiger partial charge on any atom is -0.493 e. The van der Waals surface area contributed by atoms with E-state index < -0.39 is 6.10 Å². The topological polar surface area (TPSA) is 76.0 Å². The third kappa shape index (κ3) is 6.83. The van der Waals surface area contributed by atoms with E-state index in [2.05, 4.69) is 18.2 Å². The largest absolute Gasteiger partial charge is 0.493 e. The van der Waals surface area contributed by atoms with E-state index in [1.807, 2.05) is 24.3 Å². The molecule has 31 heavy (non-hydrogen) atoms. The van der Waals surface area contributed by atoms with Gasteiger partial charge in [-0.25, -0.2) is 0 Å². The number of aliphatic hydroxyl groups excluding tert-OH is 2. The fourth-order valence-electron chi connectivity index (χ4n) is 4.51. The zero-order valence-electron chi connectivity index (χ0n) is 17.9. The van der Waals surface area contributed by atoms with Crippen LogP contribution < -0.4 is 4.74 Å². The summed E-state index contributed by atoms with van der Waals surface area (Å²) >= 11 is 6.58. The van der Waals surface area contributed by atoms with E-state index in [9.17, 15) is 9.90 Å². The summed E-state index contributed by atoms with van der Waals surface area (Å²) in [5.74, 6) is 0.839. The number of esters is 1. The molecule has 5 nitrogen and oxygen atoms in total. The van der Waals surface area contributed by atoms with Crippen molar-refractivity contribution in [2.75, 3.05) is 19.8 Å². The normalized spacial score (nSPS) is 23.2. The van der Waals surface area contributed by atoms with Gasteiger partial charge < -0.3 is 19.7 Å². The molecule has 6 heteroatoms. The number of hydrogen-bond acceptors (Lipinski definition) is 5. The highest BCUT2D eigenvalue weighted by molar-refractivity contribution is 6.21. The van der Waals surface area contributed by atoms with Gasteiger partial charge in [0.25, 0.3) is 0 Å². The Morgan fingerprint density at radius 2 is 1.81 bits per heavy atom. The highest BCUT2D eigenvalue weighted by Gasteiger charge is 2.41. The number of carbonyl (C=O) groups excluding carboxylic acids is 1. The Morgan fingerprint density at radius 1 is 1.03 bits per heavy atom. The maximum absolute atomic E-state index is 11.4. The van der Waals surface area contributed by atoms with E-state index in [1.54, 1.807) is 0 Å².